The van der Waals surface area contributed by atoms with Gasteiger partial charge in [-0.05, 0) is 64.2 Å². The van der Waals surface area contributed by atoms with Crippen LogP contribution in [0.1, 0.15) is 78.0 Å². The molecule has 0 radical (unpaired) electrons. The zero-order chi connectivity index (χ0) is 24.7. The highest BCUT2D eigenvalue weighted by atomic mass is 16.2. The third-order valence-electron chi connectivity index (χ3n) is 6.35. The van der Waals surface area contributed by atoms with Gasteiger partial charge in [-0.1, -0.05) is 42.0 Å². The van der Waals surface area contributed by atoms with Gasteiger partial charge in [0.25, 0.3) is 0 Å². The van der Waals surface area contributed by atoms with E-state index in [-0.39, 0.29) is 23.9 Å². The van der Waals surface area contributed by atoms with E-state index in [9.17, 15) is 14.4 Å². The molecule has 0 spiro atoms. The van der Waals surface area contributed by atoms with Crippen molar-refractivity contribution in [2.45, 2.75) is 72.9 Å². The standard InChI is InChI=1S/C27H39N3O3/c1-8-29(22(6)31)27(33)28(7)21(5)24-14-12-23(13-15-24)20(4)11-10-19(3)18-26(32)30(9-2)25-16-17-25/h10-15,21,25H,8-9,16-18H2,1-7H3. The molecule has 6 nitrogen and oxygen atoms in total. The lowest BCUT2D eigenvalue weighted by Gasteiger charge is -2.30. The lowest BCUT2D eigenvalue weighted by Crippen LogP contribution is -2.44. The number of hydrogen-bond donors (Lipinski definition) is 0. The van der Waals surface area contributed by atoms with E-state index >= 15 is 0 Å². The molecule has 1 aromatic carbocycles. The predicted molar refractivity (Wildman–Crippen MR) is 134 cm³/mol. The smallest absolute Gasteiger partial charge is 0.326 e. The Kier molecular flexibility index (Phi) is 9.44. The molecule has 1 fully saturated rings. The lowest BCUT2D eigenvalue weighted by molar-refractivity contribution is -0.131. The molecule has 2 rings (SSSR count). The highest BCUT2D eigenvalue weighted by Crippen LogP contribution is 2.28. The summed E-state index contributed by atoms with van der Waals surface area (Å²) in [6.45, 7) is 12.4. The number of carbonyl (C=O) groups excluding carboxylic acids is 3. The Hall–Kier alpha value is -2.89. The van der Waals surface area contributed by atoms with E-state index in [1.54, 1.807) is 18.9 Å². The number of imide groups is 1. The van der Waals surface area contributed by atoms with Crippen LogP contribution >= 0.6 is 0 Å². The first-order chi connectivity index (χ1) is 15.6. The summed E-state index contributed by atoms with van der Waals surface area (Å²) in [6, 6.07) is 8.11. The van der Waals surface area contributed by atoms with Crippen LogP contribution in [0.2, 0.25) is 0 Å². The molecule has 1 aliphatic carbocycles. The van der Waals surface area contributed by atoms with E-state index in [2.05, 4.69) is 6.08 Å². The van der Waals surface area contributed by atoms with Gasteiger partial charge in [0, 0.05) is 39.5 Å². The normalized spacial score (nSPS) is 15.1. The van der Waals surface area contributed by atoms with Gasteiger partial charge in [-0.25, -0.2) is 4.79 Å². The SMILES string of the molecule is CCN(C(C)=O)C(=O)N(C)C(C)c1ccc(C(C)=CC=C(C)CC(=O)N(CC)C2CC2)cc1. The fraction of sp³-hybridized carbons (Fsp3) is 0.519. The molecule has 0 aromatic heterocycles. The van der Waals surface area contributed by atoms with Crippen LogP contribution < -0.4 is 0 Å². The van der Waals surface area contributed by atoms with E-state index in [0.29, 0.717) is 19.0 Å². The lowest BCUT2D eigenvalue weighted by atomic mass is 10.0. The van der Waals surface area contributed by atoms with Gasteiger partial charge in [0.05, 0.1) is 6.04 Å². The summed E-state index contributed by atoms with van der Waals surface area (Å²) in [5.74, 6) is -0.0409. The monoisotopic (exact) mass is 453 g/mol. The van der Waals surface area contributed by atoms with E-state index in [1.165, 1.54) is 11.8 Å². The Morgan fingerprint density at radius 2 is 1.61 bits per heavy atom. The summed E-state index contributed by atoms with van der Waals surface area (Å²) in [6.07, 6.45) is 6.80. The largest absolute Gasteiger partial charge is 0.340 e. The minimum Gasteiger partial charge on any atom is -0.340 e. The highest BCUT2D eigenvalue weighted by Gasteiger charge is 2.31. The fourth-order valence-electron chi connectivity index (χ4n) is 3.88. The van der Waals surface area contributed by atoms with E-state index in [4.69, 9.17) is 0 Å². The van der Waals surface area contributed by atoms with Crippen LogP contribution in [0.25, 0.3) is 5.57 Å². The van der Waals surface area contributed by atoms with Gasteiger partial charge in [-0.15, -0.1) is 0 Å². The first-order valence-electron chi connectivity index (χ1n) is 11.9. The van der Waals surface area contributed by atoms with Crippen LogP contribution in [-0.2, 0) is 9.59 Å². The van der Waals surface area contributed by atoms with E-state index in [0.717, 1.165) is 41.7 Å². The molecule has 4 amide bonds. The Bertz CT molecular complexity index is 913. The summed E-state index contributed by atoms with van der Waals surface area (Å²) in [5, 5.41) is 0. The minimum absolute atomic E-state index is 0.162. The van der Waals surface area contributed by atoms with Crippen molar-refractivity contribution in [1.82, 2.24) is 14.7 Å². The molecule has 1 saturated carbocycles. The number of benzene rings is 1. The average Bonchev–Trinajstić information content (AvgIpc) is 3.62. The summed E-state index contributed by atoms with van der Waals surface area (Å²) in [7, 11) is 1.72. The molecule has 0 aliphatic heterocycles. The minimum atomic E-state index is -0.295. The van der Waals surface area contributed by atoms with Crippen LogP contribution in [0.4, 0.5) is 4.79 Å². The van der Waals surface area contributed by atoms with Crippen molar-refractivity contribution < 1.29 is 14.4 Å². The molecule has 0 saturated heterocycles. The van der Waals surface area contributed by atoms with Gasteiger partial charge in [-0.2, -0.15) is 0 Å². The van der Waals surface area contributed by atoms with E-state index < -0.39 is 0 Å². The second-order valence-corrected chi connectivity index (χ2v) is 8.91. The van der Waals surface area contributed by atoms with E-state index in [1.807, 2.05) is 62.9 Å². The Morgan fingerprint density at radius 3 is 2.09 bits per heavy atom. The quantitative estimate of drug-likeness (QED) is 0.469. The maximum absolute atomic E-state index is 12.6. The Balaban J connectivity index is 2.03. The molecule has 1 aliphatic rings. The third-order valence-corrected chi connectivity index (χ3v) is 6.35. The molecule has 0 heterocycles. The van der Waals surface area contributed by atoms with Crippen LogP contribution in [0.15, 0.2) is 42.0 Å². The molecule has 180 valence electrons. The Morgan fingerprint density at radius 1 is 1.00 bits per heavy atom. The van der Waals surface area contributed by atoms with Crippen molar-refractivity contribution in [1.29, 1.82) is 0 Å². The number of amides is 4. The Labute approximate surface area is 198 Å². The van der Waals surface area contributed by atoms with Gasteiger partial charge in [0.15, 0.2) is 0 Å². The molecule has 0 N–H and O–H groups in total. The maximum atomic E-state index is 12.6. The molecule has 6 heteroatoms. The van der Waals surface area contributed by atoms with Crippen molar-refractivity contribution >= 4 is 23.4 Å². The third kappa shape index (κ3) is 7.04. The zero-order valence-corrected chi connectivity index (χ0v) is 21.2. The van der Waals surface area contributed by atoms with Crippen molar-refractivity contribution in [3.8, 4) is 0 Å². The zero-order valence-electron chi connectivity index (χ0n) is 21.2. The molecule has 1 atom stereocenters. The summed E-state index contributed by atoms with van der Waals surface area (Å²) in [4.78, 5) is 41.6. The van der Waals surface area contributed by atoms with Gasteiger partial charge in [-0.3, -0.25) is 14.5 Å². The molecular weight excluding hydrogens is 414 g/mol. The second kappa shape index (κ2) is 11.8. The topological polar surface area (TPSA) is 60.9 Å². The van der Waals surface area contributed by atoms with Crippen LogP contribution in [-0.4, -0.2) is 58.7 Å². The molecule has 1 unspecified atom stereocenters. The first kappa shape index (κ1) is 26.4. The highest BCUT2D eigenvalue weighted by molar-refractivity contribution is 5.93. The summed E-state index contributed by atoms with van der Waals surface area (Å²) in [5.41, 5.74) is 4.24. The number of urea groups is 1. The van der Waals surface area contributed by atoms with Crippen LogP contribution in [0.3, 0.4) is 0 Å². The van der Waals surface area contributed by atoms with Gasteiger partial charge in [0.2, 0.25) is 11.8 Å². The van der Waals surface area contributed by atoms with Gasteiger partial charge in [0.1, 0.15) is 0 Å². The fourth-order valence-corrected chi connectivity index (χ4v) is 3.88. The first-order valence-corrected chi connectivity index (χ1v) is 11.9. The number of rotatable bonds is 9. The molecule has 1 aromatic rings. The maximum Gasteiger partial charge on any atom is 0.326 e. The second-order valence-electron chi connectivity index (χ2n) is 8.91. The molecular formula is C27H39N3O3. The van der Waals surface area contributed by atoms with Crippen molar-refractivity contribution in [3.63, 3.8) is 0 Å². The summed E-state index contributed by atoms with van der Waals surface area (Å²) < 4.78 is 0. The van der Waals surface area contributed by atoms with Crippen molar-refractivity contribution in [2.24, 2.45) is 0 Å². The summed E-state index contributed by atoms with van der Waals surface area (Å²) >= 11 is 0. The number of hydrogen-bond acceptors (Lipinski definition) is 3. The van der Waals surface area contributed by atoms with Crippen LogP contribution in [0.5, 0.6) is 0 Å². The number of nitrogens with zero attached hydrogens (tertiary/aromatic N) is 3. The number of allylic oxidation sites excluding steroid dienone is 3. The molecule has 0 bridgehead atoms. The van der Waals surface area contributed by atoms with Crippen LogP contribution in [0, 0.1) is 0 Å². The van der Waals surface area contributed by atoms with Gasteiger partial charge < -0.3 is 9.80 Å². The van der Waals surface area contributed by atoms with Crippen molar-refractivity contribution in [3.05, 3.63) is 53.1 Å². The predicted octanol–water partition coefficient (Wildman–Crippen LogP) is 5.42. The number of carbonyl (C=O) groups is 3. The van der Waals surface area contributed by atoms with Crippen molar-refractivity contribution in [2.75, 3.05) is 20.1 Å². The van der Waals surface area contributed by atoms with Gasteiger partial charge >= 0.3 is 6.03 Å². The average molecular weight is 454 g/mol. The molecule has 33 heavy (non-hydrogen) atoms.